The van der Waals surface area contributed by atoms with Crippen molar-refractivity contribution in [3.05, 3.63) is 0 Å². The van der Waals surface area contributed by atoms with E-state index < -0.39 is 11.4 Å². The zero-order valence-corrected chi connectivity index (χ0v) is 12.6. The van der Waals surface area contributed by atoms with Gasteiger partial charge in [0.25, 0.3) is 0 Å². The van der Waals surface area contributed by atoms with Gasteiger partial charge in [-0.15, -0.1) is 0 Å². The Labute approximate surface area is 124 Å². The summed E-state index contributed by atoms with van der Waals surface area (Å²) in [6.07, 6.45) is 2.98. The number of hydrogen-bond acceptors (Lipinski definition) is 3. The Morgan fingerprint density at radius 2 is 2.05 bits per heavy atom. The summed E-state index contributed by atoms with van der Waals surface area (Å²) in [7, 11) is 1.57. The van der Waals surface area contributed by atoms with Crippen molar-refractivity contribution in [2.75, 3.05) is 26.7 Å². The van der Waals surface area contributed by atoms with E-state index in [0.29, 0.717) is 19.4 Å². The van der Waals surface area contributed by atoms with Crippen molar-refractivity contribution >= 4 is 17.9 Å². The summed E-state index contributed by atoms with van der Waals surface area (Å²) in [4.78, 5) is 38.2. The number of rotatable bonds is 5. The van der Waals surface area contributed by atoms with Gasteiger partial charge in [-0.05, 0) is 25.7 Å². The second kappa shape index (κ2) is 5.91. The molecule has 1 aliphatic carbocycles. The van der Waals surface area contributed by atoms with Crippen LogP contribution in [0.4, 0.5) is 4.79 Å². The van der Waals surface area contributed by atoms with Crippen molar-refractivity contribution in [1.82, 2.24) is 15.1 Å². The number of carboxylic acid groups (broad SMARTS) is 1. The van der Waals surface area contributed by atoms with Gasteiger partial charge in [0, 0.05) is 26.2 Å². The number of carboxylic acids is 1. The Morgan fingerprint density at radius 3 is 2.52 bits per heavy atom. The van der Waals surface area contributed by atoms with Crippen LogP contribution in [0.3, 0.4) is 0 Å². The summed E-state index contributed by atoms with van der Waals surface area (Å²) < 4.78 is 0. The third-order valence-corrected chi connectivity index (χ3v) is 4.40. The number of aliphatic carboxylic acids is 1. The Balaban J connectivity index is 1.87. The summed E-state index contributed by atoms with van der Waals surface area (Å²) in [5.41, 5.74) is -0.841. The van der Waals surface area contributed by atoms with Crippen molar-refractivity contribution in [1.29, 1.82) is 0 Å². The molecule has 7 heteroatoms. The maximum Gasteiger partial charge on any atom is 0.320 e. The fourth-order valence-corrected chi connectivity index (χ4v) is 2.68. The normalized spacial score (nSPS) is 24.8. The molecule has 3 amide bonds. The third-order valence-electron chi connectivity index (χ3n) is 4.40. The van der Waals surface area contributed by atoms with Gasteiger partial charge >= 0.3 is 12.0 Å². The average Bonchev–Trinajstić information content (AvgIpc) is 3.12. The molecule has 1 unspecified atom stereocenters. The highest BCUT2D eigenvalue weighted by Gasteiger charge is 2.45. The second-order valence-electron chi connectivity index (χ2n) is 6.09. The van der Waals surface area contributed by atoms with Crippen LogP contribution in [0.25, 0.3) is 0 Å². The molecule has 1 saturated carbocycles. The lowest BCUT2D eigenvalue weighted by Crippen LogP contribution is -2.46. The maximum absolute atomic E-state index is 12.3. The monoisotopic (exact) mass is 297 g/mol. The molecule has 0 aromatic carbocycles. The number of amides is 3. The smallest absolute Gasteiger partial charge is 0.320 e. The number of likely N-dealkylation sites (tertiary alicyclic amines) is 1. The molecule has 1 atom stereocenters. The van der Waals surface area contributed by atoms with Gasteiger partial charge < -0.3 is 20.2 Å². The predicted octanol–water partition coefficient (Wildman–Crippen LogP) is 0.504. The van der Waals surface area contributed by atoms with Crippen molar-refractivity contribution in [3.8, 4) is 0 Å². The van der Waals surface area contributed by atoms with Gasteiger partial charge in [-0.2, -0.15) is 0 Å². The molecular formula is C14H23N3O4. The topological polar surface area (TPSA) is 90.0 Å². The van der Waals surface area contributed by atoms with Crippen LogP contribution in [0.15, 0.2) is 0 Å². The molecule has 2 rings (SSSR count). The maximum atomic E-state index is 12.3. The van der Waals surface area contributed by atoms with Crippen LogP contribution in [-0.4, -0.2) is 65.5 Å². The number of carbonyl (C=O) groups excluding carboxylic acids is 2. The predicted molar refractivity (Wildman–Crippen MR) is 75.7 cm³/mol. The van der Waals surface area contributed by atoms with Crippen LogP contribution in [-0.2, 0) is 9.59 Å². The van der Waals surface area contributed by atoms with E-state index in [2.05, 4.69) is 5.32 Å². The molecule has 1 aliphatic heterocycles. The number of hydrogen-bond donors (Lipinski definition) is 2. The van der Waals surface area contributed by atoms with Crippen LogP contribution in [0, 0.1) is 5.41 Å². The van der Waals surface area contributed by atoms with E-state index in [1.54, 1.807) is 7.05 Å². The molecule has 0 radical (unpaired) electrons. The van der Waals surface area contributed by atoms with Crippen LogP contribution >= 0.6 is 0 Å². The highest BCUT2D eigenvalue weighted by Crippen LogP contribution is 2.34. The Kier molecular flexibility index (Phi) is 4.39. The molecule has 1 saturated heterocycles. The van der Waals surface area contributed by atoms with E-state index in [-0.39, 0.29) is 31.1 Å². The number of nitrogens with one attached hydrogen (secondary N) is 1. The first kappa shape index (κ1) is 15.6. The van der Waals surface area contributed by atoms with Crippen LogP contribution < -0.4 is 5.32 Å². The fraction of sp³-hybridized carbons (Fsp3) is 0.786. The minimum absolute atomic E-state index is 0.0119. The van der Waals surface area contributed by atoms with Gasteiger partial charge in [-0.1, -0.05) is 6.92 Å². The minimum atomic E-state index is -0.852. The molecule has 2 aliphatic rings. The number of carbonyl (C=O) groups is 3. The summed E-state index contributed by atoms with van der Waals surface area (Å²) in [5, 5.41) is 12.2. The number of urea groups is 1. The standard InChI is InChI=1S/C14H23N3O4/c1-3-14(12(19)20)6-7-17(9-14)13(21)16(2)8-11(18)15-10-4-5-10/h10H,3-9H2,1-2H3,(H,15,18)(H,19,20). The van der Waals surface area contributed by atoms with Gasteiger partial charge in [-0.3, -0.25) is 9.59 Å². The third kappa shape index (κ3) is 3.46. The average molecular weight is 297 g/mol. The van der Waals surface area contributed by atoms with Crippen molar-refractivity contribution < 1.29 is 19.5 Å². The van der Waals surface area contributed by atoms with Gasteiger partial charge in [0.1, 0.15) is 6.54 Å². The Morgan fingerprint density at radius 1 is 1.38 bits per heavy atom. The van der Waals surface area contributed by atoms with Crippen LogP contribution in [0.2, 0.25) is 0 Å². The van der Waals surface area contributed by atoms with E-state index >= 15 is 0 Å². The first-order valence-electron chi connectivity index (χ1n) is 7.41. The fourth-order valence-electron chi connectivity index (χ4n) is 2.68. The van der Waals surface area contributed by atoms with Gasteiger partial charge in [-0.25, -0.2) is 4.79 Å². The molecule has 1 heterocycles. The zero-order chi connectivity index (χ0) is 15.6. The summed E-state index contributed by atoms with van der Waals surface area (Å²) in [6.45, 7) is 2.48. The first-order chi connectivity index (χ1) is 9.88. The molecule has 2 N–H and O–H groups in total. The molecule has 0 aromatic heterocycles. The van der Waals surface area contributed by atoms with E-state index in [4.69, 9.17) is 0 Å². The Bertz CT molecular complexity index is 450. The largest absolute Gasteiger partial charge is 0.481 e. The molecule has 0 spiro atoms. The lowest BCUT2D eigenvalue weighted by atomic mass is 9.84. The van der Waals surface area contributed by atoms with E-state index in [1.807, 2.05) is 6.92 Å². The highest BCUT2D eigenvalue weighted by molar-refractivity contribution is 5.85. The molecule has 0 bridgehead atoms. The van der Waals surface area contributed by atoms with Crippen molar-refractivity contribution in [2.24, 2.45) is 5.41 Å². The molecular weight excluding hydrogens is 274 g/mol. The minimum Gasteiger partial charge on any atom is -0.481 e. The van der Waals surface area contributed by atoms with Crippen molar-refractivity contribution in [2.45, 2.75) is 38.6 Å². The Hall–Kier alpha value is -1.79. The quantitative estimate of drug-likeness (QED) is 0.773. The van der Waals surface area contributed by atoms with E-state index in [9.17, 15) is 19.5 Å². The van der Waals surface area contributed by atoms with E-state index in [0.717, 1.165) is 12.8 Å². The van der Waals surface area contributed by atoms with E-state index in [1.165, 1.54) is 9.80 Å². The summed E-state index contributed by atoms with van der Waals surface area (Å²) in [5.74, 6) is -1.01. The molecule has 21 heavy (non-hydrogen) atoms. The van der Waals surface area contributed by atoms with Gasteiger partial charge in [0.05, 0.1) is 5.41 Å². The number of likely N-dealkylation sites (N-methyl/N-ethyl adjacent to an activating group) is 1. The second-order valence-corrected chi connectivity index (χ2v) is 6.09. The zero-order valence-electron chi connectivity index (χ0n) is 12.6. The molecule has 2 fully saturated rings. The summed E-state index contributed by atoms with van der Waals surface area (Å²) >= 11 is 0. The lowest BCUT2D eigenvalue weighted by Gasteiger charge is -2.26. The van der Waals surface area contributed by atoms with Crippen LogP contribution in [0.1, 0.15) is 32.6 Å². The van der Waals surface area contributed by atoms with Gasteiger partial charge in [0.2, 0.25) is 5.91 Å². The molecule has 118 valence electrons. The van der Waals surface area contributed by atoms with Gasteiger partial charge in [0.15, 0.2) is 0 Å². The van der Waals surface area contributed by atoms with Crippen LogP contribution in [0.5, 0.6) is 0 Å². The first-order valence-corrected chi connectivity index (χ1v) is 7.41. The van der Waals surface area contributed by atoms with Crippen molar-refractivity contribution in [3.63, 3.8) is 0 Å². The highest BCUT2D eigenvalue weighted by atomic mass is 16.4. The summed E-state index contributed by atoms with van der Waals surface area (Å²) in [6, 6.07) is -0.00920. The number of nitrogens with zero attached hydrogens (tertiary/aromatic N) is 2. The molecule has 0 aromatic rings. The SMILES string of the molecule is CCC1(C(=O)O)CCN(C(=O)N(C)CC(=O)NC2CC2)C1. The lowest BCUT2D eigenvalue weighted by molar-refractivity contribution is -0.148. The molecule has 7 nitrogen and oxygen atoms in total.